The van der Waals surface area contributed by atoms with Crippen molar-refractivity contribution in [3.63, 3.8) is 0 Å². The van der Waals surface area contributed by atoms with Crippen molar-refractivity contribution in [2.75, 3.05) is 0 Å². The van der Waals surface area contributed by atoms with Gasteiger partial charge in [0.25, 0.3) is 0 Å². The van der Waals surface area contributed by atoms with Gasteiger partial charge in [-0.05, 0) is 12.8 Å². The molecule has 0 aliphatic carbocycles. The van der Waals surface area contributed by atoms with Crippen LogP contribution in [-0.4, -0.2) is 12.0 Å². The number of nitrogens with one attached hydrogen (secondary N) is 1. The lowest BCUT2D eigenvalue weighted by atomic mass is 10.2. The summed E-state index contributed by atoms with van der Waals surface area (Å²) in [5, 5.41) is 6.79. The first kappa shape index (κ1) is 7.34. The predicted molar refractivity (Wildman–Crippen MR) is 32.6 cm³/mol. The standard InChI is InChI=1S/C6H9NO/c1-2-3-4-6(7)5-8/h7H,1-4H2. The first-order valence-electron chi connectivity index (χ1n) is 2.56. The SMILES string of the molecule is [CH2]CCCC(=N)[C]=O. The summed E-state index contributed by atoms with van der Waals surface area (Å²) in [4.78, 5) is 9.64. The predicted octanol–water partition coefficient (Wildman–Crippen LogP) is 1.12. The third kappa shape index (κ3) is 3.53. The molecular weight excluding hydrogens is 102 g/mol. The molecule has 2 heteroatoms. The molecule has 2 nitrogen and oxygen atoms in total. The molecule has 0 heterocycles. The highest BCUT2D eigenvalue weighted by atomic mass is 16.1. The zero-order valence-electron chi connectivity index (χ0n) is 4.74. The highest BCUT2D eigenvalue weighted by Crippen LogP contribution is 1.91. The quantitative estimate of drug-likeness (QED) is 0.542. The van der Waals surface area contributed by atoms with Crippen molar-refractivity contribution in [3.05, 3.63) is 6.92 Å². The maximum atomic E-state index is 9.64. The highest BCUT2D eigenvalue weighted by Gasteiger charge is 1.91. The van der Waals surface area contributed by atoms with E-state index in [9.17, 15) is 4.79 Å². The monoisotopic (exact) mass is 111 g/mol. The van der Waals surface area contributed by atoms with Gasteiger partial charge in [0.05, 0.1) is 5.71 Å². The fourth-order valence-electron chi connectivity index (χ4n) is 0.353. The lowest BCUT2D eigenvalue weighted by molar-refractivity contribution is 0.565. The third-order valence-electron chi connectivity index (χ3n) is 0.800. The van der Waals surface area contributed by atoms with E-state index in [0.29, 0.717) is 6.42 Å². The molecule has 0 saturated carbocycles. The van der Waals surface area contributed by atoms with E-state index in [1.165, 1.54) is 6.29 Å². The Morgan fingerprint density at radius 1 is 1.75 bits per heavy atom. The van der Waals surface area contributed by atoms with Crippen LogP contribution in [-0.2, 0) is 4.79 Å². The summed E-state index contributed by atoms with van der Waals surface area (Å²) >= 11 is 0. The molecule has 0 bridgehead atoms. The van der Waals surface area contributed by atoms with Gasteiger partial charge in [-0.15, -0.1) is 0 Å². The lowest BCUT2D eigenvalue weighted by Gasteiger charge is -1.88. The summed E-state index contributed by atoms with van der Waals surface area (Å²) in [5.74, 6) is 0. The fourth-order valence-corrected chi connectivity index (χ4v) is 0.353. The Bertz CT molecular complexity index is 88.5. The summed E-state index contributed by atoms with van der Waals surface area (Å²) < 4.78 is 0. The van der Waals surface area contributed by atoms with E-state index in [-0.39, 0.29) is 5.71 Å². The molecular formula is C6H9NO. The van der Waals surface area contributed by atoms with Crippen LogP contribution in [0.25, 0.3) is 0 Å². The molecule has 0 aromatic rings. The Kier molecular flexibility index (Phi) is 4.13. The van der Waals surface area contributed by atoms with Crippen LogP contribution in [0.4, 0.5) is 0 Å². The first-order chi connectivity index (χ1) is 3.81. The van der Waals surface area contributed by atoms with E-state index in [1.807, 2.05) is 0 Å². The van der Waals surface area contributed by atoms with Crippen molar-refractivity contribution in [1.29, 1.82) is 5.41 Å². The fraction of sp³-hybridized carbons (Fsp3) is 0.500. The summed E-state index contributed by atoms with van der Waals surface area (Å²) in [6, 6.07) is 0. The molecule has 0 atom stereocenters. The minimum atomic E-state index is 0.0497. The maximum absolute atomic E-state index is 9.64. The minimum absolute atomic E-state index is 0.0497. The van der Waals surface area contributed by atoms with Gasteiger partial charge < -0.3 is 5.41 Å². The van der Waals surface area contributed by atoms with Crippen LogP contribution in [0.15, 0.2) is 0 Å². The van der Waals surface area contributed by atoms with Crippen molar-refractivity contribution < 1.29 is 4.79 Å². The van der Waals surface area contributed by atoms with E-state index < -0.39 is 0 Å². The smallest absolute Gasteiger partial charge is 0.248 e. The van der Waals surface area contributed by atoms with E-state index in [2.05, 4.69) is 6.92 Å². The van der Waals surface area contributed by atoms with Crippen LogP contribution in [0.3, 0.4) is 0 Å². The average Bonchev–Trinajstić information content (AvgIpc) is 1.83. The van der Waals surface area contributed by atoms with Crippen molar-refractivity contribution in [1.82, 2.24) is 0 Å². The summed E-state index contributed by atoms with van der Waals surface area (Å²) in [6.07, 6.45) is 3.62. The van der Waals surface area contributed by atoms with Gasteiger partial charge in [0.2, 0.25) is 6.29 Å². The van der Waals surface area contributed by atoms with Gasteiger partial charge in [-0.25, -0.2) is 0 Å². The van der Waals surface area contributed by atoms with Crippen LogP contribution >= 0.6 is 0 Å². The van der Waals surface area contributed by atoms with Gasteiger partial charge >= 0.3 is 0 Å². The molecule has 0 spiro atoms. The zero-order chi connectivity index (χ0) is 6.41. The third-order valence-corrected chi connectivity index (χ3v) is 0.800. The van der Waals surface area contributed by atoms with E-state index >= 15 is 0 Å². The zero-order valence-corrected chi connectivity index (χ0v) is 4.74. The lowest BCUT2D eigenvalue weighted by Crippen LogP contribution is -1.95. The molecule has 2 radical (unpaired) electrons. The Hall–Kier alpha value is -0.660. The number of hydrogen-bond donors (Lipinski definition) is 1. The molecule has 0 amide bonds. The molecule has 0 aromatic carbocycles. The minimum Gasteiger partial charge on any atom is -0.301 e. The number of hydrogen-bond acceptors (Lipinski definition) is 2. The normalized spacial score (nSPS) is 8.62. The van der Waals surface area contributed by atoms with Crippen LogP contribution in [0, 0.1) is 12.3 Å². The molecule has 1 N–H and O–H groups in total. The van der Waals surface area contributed by atoms with Gasteiger partial charge in [0.15, 0.2) is 0 Å². The van der Waals surface area contributed by atoms with Gasteiger partial charge in [-0.1, -0.05) is 13.3 Å². The van der Waals surface area contributed by atoms with E-state index in [1.54, 1.807) is 0 Å². The van der Waals surface area contributed by atoms with Crippen molar-refractivity contribution >= 4 is 12.0 Å². The molecule has 0 aromatic heterocycles. The molecule has 0 aliphatic heterocycles. The Morgan fingerprint density at radius 3 is 2.75 bits per heavy atom. The van der Waals surface area contributed by atoms with Crippen LogP contribution in [0.1, 0.15) is 19.3 Å². The number of carbonyl (C=O) groups excluding carboxylic acids is 1. The molecule has 0 fully saturated rings. The molecule has 44 valence electrons. The van der Waals surface area contributed by atoms with Gasteiger partial charge in [-0.3, -0.25) is 4.79 Å². The topological polar surface area (TPSA) is 40.9 Å². The van der Waals surface area contributed by atoms with Crippen LogP contribution < -0.4 is 0 Å². The van der Waals surface area contributed by atoms with Gasteiger partial charge in [-0.2, -0.15) is 0 Å². The second kappa shape index (κ2) is 4.50. The van der Waals surface area contributed by atoms with Crippen molar-refractivity contribution in [3.8, 4) is 0 Å². The van der Waals surface area contributed by atoms with Crippen molar-refractivity contribution in [2.24, 2.45) is 0 Å². The van der Waals surface area contributed by atoms with Crippen molar-refractivity contribution in [2.45, 2.75) is 19.3 Å². The molecule has 0 unspecified atom stereocenters. The van der Waals surface area contributed by atoms with Gasteiger partial charge in [0, 0.05) is 0 Å². The Morgan fingerprint density at radius 2 is 2.38 bits per heavy atom. The second-order valence-corrected chi connectivity index (χ2v) is 1.54. The maximum Gasteiger partial charge on any atom is 0.248 e. The molecule has 0 aliphatic rings. The van der Waals surface area contributed by atoms with Crippen LogP contribution in [0.5, 0.6) is 0 Å². The molecule has 0 rings (SSSR count). The molecule has 8 heavy (non-hydrogen) atoms. The largest absolute Gasteiger partial charge is 0.301 e. The summed E-state index contributed by atoms with van der Waals surface area (Å²) in [5.41, 5.74) is 0.0497. The van der Waals surface area contributed by atoms with E-state index in [0.717, 1.165) is 12.8 Å². The highest BCUT2D eigenvalue weighted by molar-refractivity contribution is 6.26. The summed E-state index contributed by atoms with van der Waals surface area (Å²) in [7, 11) is 0. The molecule has 0 saturated heterocycles. The number of unbranched alkanes of at least 4 members (excludes halogenated alkanes) is 1. The summed E-state index contributed by atoms with van der Waals surface area (Å²) in [6.45, 7) is 3.57. The second-order valence-electron chi connectivity index (χ2n) is 1.54. The Balaban J connectivity index is 3.11. The first-order valence-corrected chi connectivity index (χ1v) is 2.56. The Labute approximate surface area is 49.4 Å². The van der Waals surface area contributed by atoms with E-state index in [4.69, 9.17) is 5.41 Å². The number of rotatable bonds is 4. The average molecular weight is 111 g/mol. The van der Waals surface area contributed by atoms with Gasteiger partial charge in [0.1, 0.15) is 0 Å². The van der Waals surface area contributed by atoms with Crippen LogP contribution in [0.2, 0.25) is 0 Å².